The Morgan fingerprint density at radius 1 is 0.478 bits per heavy atom. The average Bonchev–Trinajstić information content (AvgIpc) is 1.66. The first-order valence-corrected chi connectivity index (χ1v) is 39.2. The van der Waals surface area contributed by atoms with Gasteiger partial charge in [0.25, 0.3) is 0 Å². The van der Waals surface area contributed by atoms with Crippen LogP contribution in [0.5, 0.6) is 0 Å². The molecule has 0 bridgehead atoms. The summed E-state index contributed by atoms with van der Waals surface area (Å²) in [5, 5.41) is 25.9. The number of carbonyl (C=O) groups excluding carboxylic acids is 8. The quantitative estimate of drug-likeness (QED) is 0.0672. The van der Waals surface area contributed by atoms with Gasteiger partial charge in [-0.15, -0.1) is 0 Å². The van der Waals surface area contributed by atoms with Gasteiger partial charge < -0.3 is 41.9 Å². The van der Waals surface area contributed by atoms with E-state index in [1.165, 1.54) is 11.3 Å². The molecule has 0 aliphatic rings. The summed E-state index contributed by atoms with van der Waals surface area (Å²) in [6, 6.07) is 48.4. The van der Waals surface area contributed by atoms with Crippen molar-refractivity contribution in [3.05, 3.63) is 218 Å². The van der Waals surface area contributed by atoms with E-state index in [9.17, 15) is 4.57 Å². The van der Waals surface area contributed by atoms with Gasteiger partial charge in [-0.3, -0.25) is 4.57 Å². The minimum atomic E-state index is -3.22. The van der Waals surface area contributed by atoms with Gasteiger partial charge in [-0.2, -0.15) is 63.8 Å². The van der Waals surface area contributed by atoms with E-state index in [0.717, 1.165) is 136 Å². The topological polar surface area (TPSA) is 376 Å². The Hall–Kier alpha value is -10.5. The molecular formula is C76H87BrCl5LiN19O10P. The molecule has 0 amide bonds. The fraction of sp³-hybridized carbons (Fsp3) is 0.250. The first kappa shape index (κ1) is 101. The van der Waals surface area contributed by atoms with Gasteiger partial charge in [0, 0.05) is 120 Å². The number of nitrogens with two attached hydrogens (primary N) is 2. The van der Waals surface area contributed by atoms with Crippen LogP contribution in [0.25, 0.3) is 50.5 Å². The van der Waals surface area contributed by atoms with E-state index in [0.29, 0.717) is 16.7 Å². The molecule has 6 N–H and O–H groups in total. The number of benzene rings is 5. The van der Waals surface area contributed by atoms with Crippen LogP contribution in [0.4, 0.5) is 40.2 Å². The summed E-state index contributed by atoms with van der Waals surface area (Å²) in [7, 11) is 16.2. The molecule has 0 saturated carbocycles. The van der Waals surface area contributed by atoms with Crippen molar-refractivity contribution in [2.24, 2.45) is 0 Å². The number of nitrogens with one attached hydrogen (secondary N) is 1. The Kier molecular flexibility index (Phi) is 45.0. The Balaban J connectivity index is 0.000000672. The zero-order chi connectivity index (χ0) is 83.4. The summed E-state index contributed by atoms with van der Waals surface area (Å²) >= 11 is 30.0. The number of rotatable bonds is 14. The van der Waals surface area contributed by atoms with Crippen LogP contribution in [-0.4, -0.2) is 145 Å². The fourth-order valence-corrected chi connectivity index (χ4v) is 11.0. The van der Waals surface area contributed by atoms with Gasteiger partial charge in [-0.05, 0) is 221 Å². The Morgan fingerprint density at radius 3 is 1.10 bits per heavy atom. The van der Waals surface area contributed by atoms with E-state index >= 15 is 0 Å². The van der Waals surface area contributed by atoms with Crippen LogP contribution in [0.1, 0.15) is 67.6 Å². The molecule has 0 radical (unpaired) electrons. The molecule has 37 heteroatoms. The van der Waals surface area contributed by atoms with Crippen LogP contribution in [0.3, 0.4) is 0 Å². The second kappa shape index (κ2) is 50.5. The number of nitrogens with zero attached hydrogens (tertiary/aromatic N) is 16. The number of halogens is 6. The molecule has 0 fully saturated rings. The average molecular weight is 1720 g/mol. The Labute approximate surface area is 700 Å². The van der Waals surface area contributed by atoms with Crippen molar-refractivity contribution in [2.75, 3.05) is 92.8 Å². The van der Waals surface area contributed by atoms with Gasteiger partial charge in [0.15, 0.2) is 11.3 Å². The predicted molar refractivity (Wildman–Crippen MR) is 445 cm³/mol. The van der Waals surface area contributed by atoms with Gasteiger partial charge in [0.2, 0.25) is 0 Å². The Morgan fingerprint density at radius 2 is 0.779 bits per heavy atom. The maximum atomic E-state index is 9.51. The molecule has 5 aromatic carbocycles. The standard InChI is InChI=1S/C18H26N4.C17H19ClN4.C15H15ClN4.C12H16N4.C10H10BrN3.4CO2.Cl3OP.Li.H2O/c1-6-15(7-2)13-19-18-12-14(3)20-22(18)17-10-8-16(9-11-17)21(4)5;1-5-12-10-19-17-15(16(12)18)11(2)20-22(17)14-8-6-13(7-9-14)21(3)4;1-10-14-13(16)8-9-17-15(14)20(18-10)12-6-4-11(5-7-12)19(2)3;1-9-8-12(13)16(14-9)11-6-4-10(5-7-11)15(2)3;1-7-6-10(12)14(13-7)9-4-2-8(11)3-5-9;4*2-1-3;1-5(2,3)4;;/h8-13,19H,6-7H2,1-5H3;6-10H,5H2,1-4H3;4-9H,1-3H3;4-8H,13H2,1-3H3;2-6H,12H2,1H3;;;;;;;1H2/q;;;;;;;;;;+1;/p-1. The van der Waals surface area contributed by atoms with Gasteiger partial charge in [-0.25, -0.2) is 33.4 Å². The molecule has 0 unspecified atom stereocenters. The zero-order valence-electron chi connectivity index (χ0n) is 65.4. The molecule has 0 aliphatic carbocycles. The van der Waals surface area contributed by atoms with Gasteiger partial charge >= 0.3 is 48.7 Å². The van der Waals surface area contributed by atoms with Crippen molar-refractivity contribution in [1.82, 2.24) is 58.9 Å². The number of anilines is 7. The normalized spacial score (nSPS) is 9.72. The summed E-state index contributed by atoms with van der Waals surface area (Å²) < 4.78 is 19.7. The minimum absolute atomic E-state index is 0. The zero-order valence-corrected chi connectivity index (χ0v) is 71.6. The van der Waals surface area contributed by atoms with E-state index < -0.39 is 5.20 Å². The number of allylic oxidation sites excluding steroid dienone is 1. The maximum Gasteiger partial charge on any atom is 1.00 e. The number of aromatic nitrogens is 12. The Bertz CT molecular complexity index is 5090. The van der Waals surface area contributed by atoms with Crippen molar-refractivity contribution < 1.29 is 67.3 Å². The summed E-state index contributed by atoms with van der Waals surface area (Å²) in [6.45, 7) is 16.2. The third-order valence-corrected chi connectivity index (χ3v) is 16.6. The molecule has 0 aliphatic heterocycles. The van der Waals surface area contributed by atoms with Crippen LogP contribution in [-0.2, 0) is 49.3 Å². The number of pyridine rings is 2. The molecule has 0 spiro atoms. The molecule has 12 rings (SSSR count). The van der Waals surface area contributed by atoms with Crippen LogP contribution in [0.2, 0.25) is 10.0 Å². The summed E-state index contributed by atoms with van der Waals surface area (Å²) in [6.07, 6.45) is 9.64. The second-order valence-electron chi connectivity index (χ2n) is 24.0. The molecule has 12 aromatic rings. The van der Waals surface area contributed by atoms with Crippen molar-refractivity contribution in [2.45, 2.75) is 74.7 Å². The third kappa shape index (κ3) is 31.9. The first-order valence-electron chi connectivity index (χ1n) is 33.3. The van der Waals surface area contributed by atoms with Gasteiger partial charge in [0.1, 0.15) is 17.5 Å². The molecular weight excluding hydrogens is 1630 g/mol. The summed E-state index contributed by atoms with van der Waals surface area (Å²) in [4.78, 5) is 82.3. The molecule has 29 nitrogen and oxygen atoms in total. The van der Waals surface area contributed by atoms with E-state index in [4.69, 9.17) is 73.0 Å². The third-order valence-electron chi connectivity index (χ3n) is 15.3. The van der Waals surface area contributed by atoms with Gasteiger partial charge in [-0.1, -0.05) is 65.5 Å². The predicted octanol–water partition coefficient (Wildman–Crippen LogP) is 13.5. The molecule has 7 aromatic heterocycles. The van der Waals surface area contributed by atoms with Crippen molar-refractivity contribution in [1.29, 1.82) is 0 Å². The minimum Gasteiger partial charge on any atom is -0.870 e. The first-order chi connectivity index (χ1) is 52.5. The summed E-state index contributed by atoms with van der Waals surface area (Å²) in [5.41, 5.74) is 29.9. The summed E-state index contributed by atoms with van der Waals surface area (Å²) in [5.74, 6) is 2.31. The molecule has 0 atom stereocenters. The van der Waals surface area contributed by atoms with Crippen molar-refractivity contribution in [3.63, 3.8) is 0 Å². The molecule has 0 saturated heterocycles. The number of nitrogen functional groups attached to an aromatic ring is 2. The van der Waals surface area contributed by atoms with Crippen LogP contribution in [0.15, 0.2) is 174 Å². The number of aryl methyl sites for hydroxylation is 6. The monoisotopic (exact) mass is 1720 g/mol. The smallest absolute Gasteiger partial charge is 0.870 e. The fourth-order valence-electron chi connectivity index (χ4n) is 10.1. The SMILES string of the molecule is CCC(=CNc1cc(C)nn1-c1ccc(N(C)C)cc1)CC.CCc1cnc2c(c(C)nn2-c2ccc(N(C)C)cc2)c1Cl.Cc1cc(N)n(-c2ccc(Br)cc2)n1.Cc1cc(N)n(-c2ccc(N(C)C)cc2)n1.Cc1nn(-c2ccc(N(C)C)cc2)c2nccc(Cl)c12.O=C=O.O=C=O.O=C=O.O=C=O.O=P(Cl)(Cl)Cl.[Li+].[OH-]. The molecule has 113 heavy (non-hydrogen) atoms. The van der Waals surface area contributed by atoms with E-state index in [1.54, 1.807) is 21.6 Å². The number of fused-ring (bicyclic) bond motifs is 2. The second-order valence-corrected chi connectivity index (χ2v) is 32.3. The van der Waals surface area contributed by atoms with Crippen LogP contribution >= 0.6 is 78.1 Å². The van der Waals surface area contributed by atoms with Crippen LogP contribution in [0, 0.1) is 34.6 Å². The molecule has 7 heterocycles. The van der Waals surface area contributed by atoms with E-state index in [-0.39, 0.29) is 48.9 Å². The largest absolute Gasteiger partial charge is 1.00 e. The number of hydrogen-bond acceptors (Lipinski definition) is 24. The van der Waals surface area contributed by atoms with Crippen molar-refractivity contribution in [3.8, 4) is 28.4 Å². The van der Waals surface area contributed by atoms with Gasteiger partial charge in [0.05, 0.1) is 77.7 Å². The van der Waals surface area contributed by atoms with Crippen molar-refractivity contribution >= 4 is 165 Å². The van der Waals surface area contributed by atoms with Crippen LogP contribution < -0.4 is 55.2 Å². The number of hydrogen-bond donors (Lipinski definition) is 3. The molecule has 594 valence electrons. The van der Waals surface area contributed by atoms with E-state index in [1.807, 2.05) is 196 Å². The van der Waals surface area contributed by atoms with E-state index in [2.05, 4.69) is 192 Å². The maximum absolute atomic E-state index is 9.51.